The van der Waals surface area contributed by atoms with Crippen LogP contribution in [0.15, 0.2) is 0 Å². The number of hydrogen-bond acceptors (Lipinski definition) is 3. The van der Waals surface area contributed by atoms with Crippen LogP contribution < -0.4 is 0 Å². The van der Waals surface area contributed by atoms with Crippen LogP contribution in [0.2, 0.25) is 0 Å². The molecule has 0 fully saturated rings. The number of aliphatic hydroxyl groups is 1. The third-order valence-electron chi connectivity index (χ3n) is 1.14. The van der Waals surface area contributed by atoms with E-state index in [4.69, 9.17) is 15.3 Å². The Morgan fingerprint density at radius 2 is 1.69 bits per heavy atom. The summed E-state index contributed by atoms with van der Waals surface area (Å²) in [4.78, 5) is 19.3. The van der Waals surface area contributed by atoms with Crippen LogP contribution in [0, 0.1) is 0 Å². The maximum absolute atomic E-state index is 9.68. The highest BCUT2D eigenvalue weighted by Gasteiger charge is 2.07. The predicted octanol–water partition coefficient (Wildman–Crippen LogP) is 0.713. The van der Waals surface area contributed by atoms with Crippen molar-refractivity contribution in [1.82, 2.24) is 0 Å². The second-order valence-electron chi connectivity index (χ2n) is 2.41. The quantitative estimate of drug-likeness (QED) is 0.609. The molecule has 0 heterocycles. The SMILES string of the molecule is CCCC(=O)O.CC[C@@H](O)C(=O)O. The van der Waals surface area contributed by atoms with Crippen molar-refractivity contribution in [2.45, 2.75) is 39.2 Å². The molecule has 0 aromatic rings. The molecule has 1 atom stereocenters. The topological polar surface area (TPSA) is 94.8 Å². The average Bonchev–Trinajstić information content (AvgIpc) is 2.03. The summed E-state index contributed by atoms with van der Waals surface area (Å²) in [5, 5.41) is 24.2. The van der Waals surface area contributed by atoms with Crippen LogP contribution >= 0.6 is 0 Å². The van der Waals surface area contributed by atoms with Gasteiger partial charge in [-0.3, -0.25) is 4.79 Å². The molecule has 0 radical (unpaired) electrons. The van der Waals surface area contributed by atoms with Crippen molar-refractivity contribution in [3.8, 4) is 0 Å². The smallest absolute Gasteiger partial charge is 0.332 e. The van der Waals surface area contributed by atoms with Crippen LogP contribution in [0.3, 0.4) is 0 Å². The molecular formula is C8H16O5. The minimum atomic E-state index is -1.18. The molecule has 0 aromatic heterocycles. The van der Waals surface area contributed by atoms with Gasteiger partial charge in [-0.05, 0) is 12.8 Å². The van der Waals surface area contributed by atoms with Gasteiger partial charge in [0.1, 0.15) is 0 Å². The van der Waals surface area contributed by atoms with Crippen molar-refractivity contribution >= 4 is 11.9 Å². The molecule has 0 rings (SSSR count). The van der Waals surface area contributed by atoms with Crippen LogP contribution in [0.25, 0.3) is 0 Å². The molecule has 0 aliphatic carbocycles. The summed E-state index contributed by atoms with van der Waals surface area (Å²) < 4.78 is 0. The van der Waals surface area contributed by atoms with Crippen molar-refractivity contribution in [2.75, 3.05) is 0 Å². The lowest BCUT2D eigenvalue weighted by atomic mass is 10.3. The minimum Gasteiger partial charge on any atom is -0.481 e. The molecule has 0 bridgehead atoms. The summed E-state index contributed by atoms with van der Waals surface area (Å²) in [6.45, 7) is 3.45. The first-order valence-corrected chi connectivity index (χ1v) is 4.08. The standard InChI is InChI=1S/C4H8O3.C4H8O2/c1-2-3(5)4(6)7;1-2-3-4(5)6/h3,5H,2H2,1H3,(H,6,7);2-3H2,1H3,(H,5,6)/t3-;/m1./s1. The van der Waals surface area contributed by atoms with E-state index in [2.05, 4.69) is 0 Å². The molecule has 0 unspecified atom stereocenters. The molecule has 0 saturated carbocycles. The summed E-state index contributed by atoms with van der Waals surface area (Å²) in [5.41, 5.74) is 0. The van der Waals surface area contributed by atoms with Gasteiger partial charge in [-0.15, -0.1) is 0 Å². The van der Waals surface area contributed by atoms with Crippen LogP contribution in [0.5, 0.6) is 0 Å². The maximum Gasteiger partial charge on any atom is 0.332 e. The zero-order valence-corrected chi connectivity index (χ0v) is 7.86. The Hall–Kier alpha value is -1.10. The second kappa shape index (κ2) is 8.99. The van der Waals surface area contributed by atoms with Gasteiger partial charge in [-0.25, -0.2) is 4.79 Å². The van der Waals surface area contributed by atoms with E-state index in [1.54, 1.807) is 6.92 Å². The summed E-state index contributed by atoms with van der Waals surface area (Å²) in [6, 6.07) is 0. The number of aliphatic hydroxyl groups excluding tert-OH is 1. The number of hydrogen-bond donors (Lipinski definition) is 3. The number of aliphatic carboxylic acids is 2. The molecule has 0 aliphatic rings. The first-order chi connectivity index (χ1) is 5.95. The third kappa shape index (κ3) is 13.8. The van der Waals surface area contributed by atoms with Crippen molar-refractivity contribution in [3.63, 3.8) is 0 Å². The Morgan fingerprint density at radius 3 is 1.69 bits per heavy atom. The molecule has 0 aromatic carbocycles. The lowest BCUT2D eigenvalue weighted by Crippen LogP contribution is -2.17. The molecule has 5 nitrogen and oxygen atoms in total. The van der Waals surface area contributed by atoms with Gasteiger partial charge >= 0.3 is 11.9 Å². The van der Waals surface area contributed by atoms with Crippen LogP contribution in [-0.2, 0) is 9.59 Å². The Labute approximate surface area is 77.0 Å². The van der Waals surface area contributed by atoms with E-state index in [0.717, 1.165) is 6.42 Å². The van der Waals surface area contributed by atoms with Gasteiger partial charge in [-0.2, -0.15) is 0 Å². The molecule has 0 amide bonds. The van der Waals surface area contributed by atoms with Crippen LogP contribution in [0.1, 0.15) is 33.1 Å². The molecule has 3 N–H and O–H groups in total. The molecule has 0 spiro atoms. The van der Waals surface area contributed by atoms with Crippen molar-refractivity contribution < 1.29 is 24.9 Å². The Bertz CT molecular complexity index is 155. The fourth-order valence-corrected chi connectivity index (χ4v) is 0.388. The van der Waals surface area contributed by atoms with Crippen LogP contribution in [0.4, 0.5) is 0 Å². The first kappa shape index (κ1) is 14.4. The summed E-state index contributed by atoms with van der Waals surface area (Å²) in [5.74, 6) is -1.86. The van der Waals surface area contributed by atoms with E-state index in [9.17, 15) is 9.59 Å². The van der Waals surface area contributed by atoms with Crippen molar-refractivity contribution in [3.05, 3.63) is 0 Å². The lowest BCUT2D eigenvalue weighted by Gasteiger charge is -1.95. The minimum absolute atomic E-state index is 0.273. The monoisotopic (exact) mass is 192 g/mol. The Kier molecular flexibility index (Phi) is 9.98. The Balaban J connectivity index is 0. The predicted molar refractivity (Wildman–Crippen MR) is 46.5 cm³/mol. The van der Waals surface area contributed by atoms with Gasteiger partial charge < -0.3 is 15.3 Å². The number of carboxylic acids is 2. The van der Waals surface area contributed by atoms with E-state index in [0.29, 0.717) is 6.42 Å². The Morgan fingerprint density at radius 1 is 1.23 bits per heavy atom. The van der Waals surface area contributed by atoms with Crippen molar-refractivity contribution in [1.29, 1.82) is 0 Å². The number of rotatable bonds is 4. The summed E-state index contributed by atoms with van der Waals surface area (Å²) in [7, 11) is 0. The fraction of sp³-hybridized carbons (Fsp3) is 0.750. The van der Waals surface area contributed by atoms with Gasteiger partial charge in [0.25, 0.3) is 0 Å². The second-order valence-corrected chi connectivity index (χ2v) is 2.41. The lowest BCUT2D eigenvalue weighted by molar-refractivity contribution is -0.146. The molecular weight excluding hydrogens is 176 g/mol. The van der Waals surface area contributed by atoms with Gasteiger partial charge in [0.15, 0.2) is 6.10 Å². The highest BCUT2D eigenvalue weighted by Crippen LogP contribution is 1.86. The van der Waals surface area contributed by atoms with Gasteiger partial charge in [0.05, 0.1) is 0 Å². The van der Waals surface area contributed by atoms with E-state index >= 15 is 0 Å². The number of carboxylic acid groups (broad SMARTS) is 2. The molecule has 13 heavy (non-hydrogen) atoms. The number of carbonyl (C=O) groups is 2. The summed E-state index contributed by atoms with van der Waals surface area (Å²) in [6.07, 6.45) is 0.116. The fourth-order valence-electron chi connectivity index (χ4n) is 0.388. The summed E-state index contributed by atoms with van der Waals surface area (Å²) >= 11 is 0. The van der Waals surface area contributed by atoms with E-state index in [-0.39, 0.29) is 6.42 Å². The van der Waals surface area contributed by atoms with Gasteiger partial charge in [0.2, 0.25) is 0 Å². The normalized spacial score (nSPS) is 11.0. The molecule has 0 aliphatic heterocycles. The zero-order chi connectivity index (χ0) is 10.9. The molecule has 5 heteroatoms. The highest BCUT2D eigenvalue weighted by atomic mass is 16.4. The largest absolute Gasteiger partial charge is 0.481 e. The van der Waals surface area contributed by atoms with E-state index in [1.165, 1.54) is 0 Å². The van der Waals surface area contributed by atoms with Crippen LogP contribution in [-0.4, -0.2) is 33.4 Å². The third-order valence-corrected chi connectivity index (χ3v) is 1.14. The molecule has 78 valence electrons. The van der Waals surface area contributed by atoms with E-state index < -0.39 is 18.0 Å². The molecule has 0 saturated heterocycles. The van der Waals surface area contributed by atoms with Crippen molar-refractivity contribution in [2.24, 2.45) is 0 Å². The first-order valence-electron chi connectivity index (χ1n) is 4.08. The average molecular weight is 192 g/mol. The van der Waals surface area contributed by atoms with E-state index in [1.807, 2.05) is 6.92 Å². The zero-order valence-electron chi connectivity index (χ0n) is 7.86. The highest BCUT2D eigenvalue weighted by molar-refractivity contribution is 5.71. The van der Waals surface area contributed by atoms with Gasteiger partial charge in [-0.1, -0.05) is 13.8 Å². The maximum atomic E-state index is 9.68. The van der Waals surface area contributed by atoms with Gasteiger partial charge in [0, 0.05) is 6.42 Å².